The summed E-state index contributed by atoms with van der Waals surface area (Å²) in [5.74, 6) is 0.0387. The van der Waals surface area contributed by atoms with Crippen LogP contribution in [0.2, 0.25) is 0 Å². The maximum atomic E-state index is 12.2. The van der Waals surface area contributed by atoms with E-state index in [0.29, 0.717) is 19.8 Å². The summed E-state index contributed by atoms with van der Waals surface area (Å²) >= 11 is 4.84. The maximum absolute atomic E-state index is 12.2. The standard InChI is InChI=1S/C10H18N2O4S2/c11-10(17)9-6-12(3-5-16-9)18(13,14)7-8-2-1-4-15-8/h8-9H,1-7H2,(H2,11,17). The molecule has 0 amide bonds. The Labute approximate surface area is 112 Å². The highest BCUT2D eigenvalue weighted by Crippen LogP contribution is 2.18. The lowest BCUT2D eigenvalue weighted by Gasteiger charge is -2.32. The number of sulfonamides is 1. The zero-order valence-corrected chi connectivity index (χ0v) is 11.7. The molecule has 104 valence electrons. The van der Waals surface area contributed by atoms with Crippen molar-refractivity contribution in [2.24, 2.45) is 5.73 Å². The maximum Gasteiger partial charge on any atom is 0.216 e. The van der Waals surface area contributed by atoms with Gasteiger partial charge >= 0.3 is 0 Å². The molecular formula is C10H18N2O4S2. The van der Waals surface area contributed by atoms with E-state index in [0.717, 1.165) is 12.8 Å². The number of thiocarbonyl (C=S) groups is 1. The summed E-state index contributed by atoms with van der Waals surface area (Å²) in [6, 6.07) is 0. The first-order valence-electron chi connectivity index (χ1n) is 5.99. The lowest BCUT2D eigenvalue weighted by atomic mass is 10.3. The summed E-state index contributed by atoms with van der Waals surface area (Å²) in [6.07, 6.45) is 1.08. The van der Waals surface area contributed by atoms with Crippen LogP contribution in [0.25, 0.3) is 0 Å². The van der Waals surface area contributed by atoms with Gasteiger partial charge in [-0.25, -0.2) is 8.42 Å². The summed E-state index contributed by atoms with van der Waals surface area (Å²) in [7, 11) is -3.32. The van der Waals surface area contributed by atoms with Crippen molar-refractivity contribution in [1.82, 2.24) is 4.31 Å². The number of morpholine rings is 1. The fraction of sp³-hybridized carbons (Fsp3) is 0.900. The van der Waals surface area contributed by atoms with E-state index in [9.17, 15) is 8.42 Å². The van der Waals surface area contributed by atoms with Crippen LogP contribution in [0.5, 0.6) is 0 Å². The van der Waals surface area contributed by atoms with Crippen LogP contribution in [0.15, 0.2) is 0 Å². The first-order chi connectivity index (χ1) is 8.49. The lowest BCUT2D eigenvalue weighted by molar-refractivity contribution is 0.0379. The van der Waals surface area contributed by atoms with E-state index in [2.05, 4.69) is 0 Å². The number of nitrogens with zero attached hydrogens (tertiary/aromatic N) is 1. The van der Waals surface area contributed by atoms with E-state index < -0.39 is 16.1 Å². The highest BCUT2D eigenvalue weighted by molar-refractivity contribution is 7.89. The zero-order valence-electron chi connectivity index (χ0n) is 10.1. The van der Waals surface area contributed by atoms with Crippen molar-refractivity contribution in [3.8, 4) is 0 Å². The van der Waals surface area contributed by atoms with Crippen LogP contribution in [0.1, 0.15) is 12.8 Å². The van der Waals surface area contributed by atoms with Gasteiger partial charge in [0.05, 0.1) is 18.5 Å². The first-order valence-corrected chi connectivity index (χ1v) is 8.01. The van der Waals surface area contributed by atoms with E-state index in [-0.39, 0.29) is 23.4 Å². The molecule has 2 unspecified atom stereocenters. The molecule has 0 aromatic heterocycles. The van der Waals surface area contributed by atoms with Gasteiger partial charge in [-0.3, -0.25) is 0 Å². The molecule has 2 saturated heterocycles. The molecular weight excluding hydrogens is 276 g/mol. The molecule has 2 rings (SSSR count). The molecule has 8 heteroatoms. The molecule has 2 atom stereocenters. The molecule has 6 nitrogen and oxygen atoms in total. The first kappa shape index (κ1) is 14.1. The molecule has 18 heavy (non-hydrogen) atoms. The summed E-state index contributed by atoms with van der Waals surface area (Å²) in [4.78, 5) is 0.201. The molecule has 0 bridgehead atoms. The molecule has 0 aromatic carbocycles. The largest absolute Gasteiger partial charge is 0.391 e. The van der Waals surface area contributed by atoms with E-state index in [1.807, 2.05) is 0 Å². The van der Waals surface area contributed by atoms with E-state index >= 15 is 0 Å². The molecule has 2 fully saturated rings. The van der Waals surface area contributed by atoms with Crippen molar-refractivity contribution in [1.29, 1.82) is 0 Å². The Morgan fingerprint density at radius 3 is 2.78 bits per heavy atom. The topological polar surface area (TPSA) is 81.9 Å². The third-order valence-corrected chi connectivity index (χ3v) is 5.33. The number of hydrogen-bond acceptors (Lipinski definition) is 5. The Hall–Kier alpha value is -0.280. The minimum absolute atomic E-state index is 0.0387. The molecule has 0 radical (unpaired) electrons. The second-order valence-electron chi connectivity index (χ2n) is 4.53. The van der Waals surface area contributed by atoms with Gasteiger partial charge in [0.2, 0.25) is 10.0 Å². The van der Waals surface area contributed by atoms with Crippen LogP contribution in [0.4, 0.5) is 0 Å². The fourth-order valence-corrected chi connectivity index (χ4v) is 3.97. The second kappa shape index (κ2) is 5.79. The van der Waals surface area contributed by atoms with Crippen LogP contribution < -0.4 is 5.73 Å². The fourth-order valence-electron chi connectivity index (χ4n) is 2.17. The normalized spacial score (nSPS) is 30.4. The number of rotatable bonds is 4. The molecule has 2 aliphatic rings. The Morgan fingerprint density at radius 2 is 2.17 bits per heavy atom. The van der Waals surface area contributed by atoms with Gasteiger partial charge in [0.1, 0.15) is 11.1 Å². The van der Waals surface area contributed by atoms with Gasteiger partial charge in [-0.2, -0.15) is 4.31 Å². The van der Waals surface area contributed by atoms with Crippen molar-refractivity contribution >= 4 is 27.2 Å². The molecule has 2 N–H and O–H groups in total. The van der Waals surface area contributed by atoms with Crippen molar-refractivity contribution in [3.05, 3.63) is 0 Å². The van der Waals surface area contributed by atoms with Crippen LogP contribution in [0, 0.1) is 0 Å². The van der Waals surface area contributed by atoms with E-state index in [1.54, 1.807) is 0 Å². The van der Waals surface area contributed by atoms with Crippen molar-refractivity contribution in [2.45, 2.75) is 25.0 Å². The molecule has 0 saturated carbocycles. The van der Waals surface area contributed by atoms with Gasteiger partial charge < -0.3 is 15.2 Å². The third-order valence-electron chi connectivity index (χ3n) is 3.16. The second-order valence-corrected chi connectivity index (χ2v) is 7.02. The van der Waals surface area contributed by atoms with Gasteiger partial charge in [0.25, 0.3) is 0 Å². The predicted molar refractivity (Wildman–Crippen MR) is 70.9 cm³/mol. The Morgan fingerprint density at radius 1 is 1.39 bits per heavy atom. The minimum atomic E-state index is -3.32. The monoisotopic (exact) mass is 294 g/mol. The molecule has 2 aliphatic heterocycles. The average molecular weight is 294 g/mol. The SMILES string of the molecule is NC(=S)C1CN(S(=O)(=O)CC2CCCO2)CCO1. The number of hydrogen-bond donors (Lipinski definition) is 1. The number of nitrogens with two attached hydrogens (primary N) is 1. The Kier molecular flexibility index (Phi) is 4.54. The zero-order chi connectivity index (χ0) is 13.2. The van der Waals surface area contributed by atoms with Crippen LogP contribution in [-0.2, 0) is 19.5 Å². The molecule has 0 aromatic rings. The summed E-state index contributed by atoms with van der Waals surface area (Å²) in [5.41, 5.74) is 5.50. The Balaban J connectivity index is 1.97. The highest BCUT2D eigenvalue weighted by atomic mass is 32.2. The van der Waals surface area contributed by atoms with Crippen LogP contribution >= 0.6 is 12.2 Å². The molecule has 0 aliphatic carbocycles. The van der Waals surface area contributed by atoms with Gasteiger partial charge in [0.15, 0.2) is 0 Å². The lowest BCUT2D eigenvalue weighted by Crippen LogP contribution is -2.51. The van der Waals surface area contributed by atoms with E-state index in [1.165, 1.54) is 4.31 Å². The minimum Gasteiger partial charge on any atom is -0.391 e. The van der Waals surface area contributed by atoms with Crippen molar-refractivity contribution in [2.75, 3.05) is 32.1 Å². The summed E-state index contributed by atoms with van der Waals surface area (Å²) in [6.45, 7) is 1.55. The van der Waals surface area contributed by atoms with Gasteiger partial charge in [-0.15, -0.1) is 0 Å². The van der Waals surface area contributed by atoms with Gasteiger partial charge in [-0.1, -0.05) is 12.2 Å². The van der Waals surface area contributed by atoms with Gasteiger partial charge in [-0.05, 0) is 12.8 Å². The predicted octanol–water partition coefficient (Wildman–Crippen LogP) is -0.518. The van der Waals surface area contributed by atoms with Crippen molar-refractivity contribution < 1.29 is 17.9 Å². The van der Waals surface area contributed by atoms with Crippen molar-refractivity contribution in [3.63, 3.8) is 0 Å². The summed E-state index contributed by atoms with van der Waals surface area (Å²) in [5, 5.41) is 0. The molecule has 2 heterocycles. The Bertz CT molecular complexity index is 406. The third kappa shape index (κ3) is 3.39. The van der Waals surface area contributed by atoms with E-state index in [4.69, 9.17) is 27.4 Å². The molecule has 0 spiro atoms. The highest BCUT2D eigenvalue weighted by Gasteiger charge is 2.33. The average Bonchev–Trinajstić information content (AvgIpc) is 2.81. The van der Waals surface area contributed by atoms with Crippen LogP contribution in [0.3, 0.4) is 0 Å². The number of ether oxygens (including phenoxy) is 2. The van der Waals surface area contributed by atoms with Gasteiger partial charge in [0, 0.05) is 19.7 Å². The summed E-state index contributed by atoms with van der Waals surface area (Å²) < 4.78 is 36.5. The quantitative estimate of drug-likeness (QED) is 0.703. The smallest absolute Gasteiger partial charge is 0.216 e. The van der Waals surface area contributed by atoms with Crippen LogP contribution in [-0.4, -0.2) is 62.0 Å².